The second-order valence-electron chi connectivity index (χ2n) is 7.17. The highest BCUT2D eigenvalue weighted by molar-refractivity contribution is 5.74. The van der Waals surface area contributed by atoms with Gasteiger partial charge in [0.05, 0.1) is 6.10 Å². The summed E-state index contributed by atoms with van der Waals surface area (Å²) in [5.74, 6) is -0.202. The molecule has 2 aromatic rings. The maximum atomic E-state index is 13.6. The summed E-state index contributed by atoms with van der Waals surface area (Å²) >= 11 is 0. The molecular formula is C21H25FN2O3. The number of rotatable bonds is 6. The largest absolute Gasteiger partial charge is 0.508 e. The third-order valence-electron chi connectivity index (χ3n) is 5.30. The third kappa shape index (κ3) is 4.77. The zero-order valence-electron chi connectivity index (χ0n) is 15.1. The molecule has 4 N–H and O–H groups in total. The summed E-state index contributed by atoms with van der Waals surface area (Å²) < 4.78 is 13.6. The van der Waals surface area contributed by atoms with Gasteiger partial charge in [-0.25, -0.2) is 9.18 Å². The fourth-order valence-corrected chi connectivity index (χ4v) is 3.79. The molecule has 27 heavy (non-hydrogen) atoms. The Morgan fingerprint density at radius 3 is 2.56 bits per heavy atom. The Balaban J connectivity index is 1.56. The van der Waals surface area contributed by atoms with Gasteiger partial charge in [-0.15, -0.1) is 0 Å². The lowest BCUT2D eigenvalue weighted by molar-refractivity contribution is 0.172. The number of aliphatic hydroxyl groups excluding tert-OH is 1. The van der Waals surface area contributed by atoms with E-state index in [0.29, 0.717) is 12.1 Å². The first-order valence-electron chi connectivity index (χ1n) is 9.23. The second kappa shape index (κ2) is 8.39. The van der Waals surface area contributed by atoms with Crippen molar-refractivity contribution in [3.63, 3.8) is 0 Å². The van der Waals surface area contributed by atoms with Crippen LogP contribution in [0.3, 0.4) is 0 Å². The van der Waals surface area contributed by atoms with Crippen LogP contribution in [-0.4, -0.2) is 29.3 Å². The highest BCUT2D eigenvalue weighted by atomic mass is 19.1. The molecule has 0 aromatic heterocycles. The second-order valence-corrected chi connectivity index (χ2v) is 7.17. The Morgan fingerprint density at radius 1 is 1.11 bits per heavy atom. The van der Waals surface area contributed by atoms with E-state index >= 15 is 0 Å². The number of urea groups is 1. The molecular weight excluding hydrogens is 347 g/mol. The zero-order valence-corrected chi connectivity index (χ0v) is 15.1. The van der Waals surface area contributed by atoms with Crippen molar-refractivity contribution in [3.05, 3.63) is 65.5 Å². The molecule has 0 spiro atoms. The summed E-state index contributed by atoms with van der Waals surface area (Å²) in [4.78, 5) is 12.2. The van der Waals surface area contributed by atoms with E-state index in [9.17, 15) is 19.4 Å². The van der Waals surface area contributed by atoms with Crippen molar-refractivity contribution >= 4 is 6.03 Å². The van der Waals surface area contributed by atoms with Crippen molar-refractivity contribution in [1.29, 1.82) is 0 Å². The van der Waals surface area contributed by atoms with Gasteiger partial charge in [-0.3, -0.25) is 0 Å². The summed E-state index contributed by atoms with van der Waals surface area (Å²) in [5.41, 5.74) is 1.20. The molecule has 2 aromatic carbocycles. The molecule has 2 amide bonds. The van der Waals surface area contributed by atoms with Gasteiger partial charge in [0.15, 0.2) is 0 Å². The Kier molecular flexibility index (Phi) is 5.96. The minimum absolute atomic E-state index is 0.0300. The molecule has 1 aliphatic rings. The van der Waals surface area contributed by atoms with E-state index in [1.807, 2.05) is 6.07 Å². The Labute approximate surface area is 158 Å². The number of aliphatic hydroxyl groups is 1. The minimum Gasteiger partial charge on any atom is -0.508 e. The molecule has 0 bridgehead atoms. The summed E-state index contributed by atoms with van der Waals surface area (Å²) in [6.45, 7) is 0.451. The van der Waals surface area contributed by atoms with Gasteiger partial charge in [-0.05, 0) is 48.2 Å². The van der Waals surface area contributed by atoms with E-state index in [4.69, 9.17) is 0 Å². The van der Waals surface area contributed by atoms with Gasteiger partial charge in [-0.2, -0.15) is 0 Å². The fraction of sp³-hybridized carbons (Fsp3) is 0.381. The molecule has 0 radical (unpaired) electrons. The average molecular weight is 372 g/mol. The Bertz CT molecular complexity index is 791. The zero-order chi connectivity index (χ0) is 19.3. The van der Waals surface area contributed by atoms with E-state index < -0.39 is 6.10 Å². The van der Waals surface area contributed by atoms with Gasteiger partial charge in [-0.1, -0.05) is 37.1 Å². The van der Waals surface area contributed by atoms with Crippen molar-refractivity contribution in [2.75, 3.05) is 13.1 Å². The number of phenols is 1. The van der Waals surface area contributed by atoms with Crippen LogP contribution in [0.4, 0.5) is 9.18 Å². The molecule has 0 heterocycles. The molecule has 0 unspecified atom stereocenters. The number of hydrogen-bond donors (Lipinski definition) is 4. The molecule has 3 rings (SSSR count). The molecule has 6 heteroatoms. The maximum Gasteiger partial charge on any atom is 0.314 e. The van der Waals surface area contributed by atoms with Gasteiger partial charge in [0.1, 0.15) is 11.6 Å². The molecule has 1 saturated carbocycles. The van der Waals surface area contributed by atoms with Gasteiger partial charge in [0.25, 0.3) is 0 Å². The molecule has 1 atom stereocenters. The first-order valence-corrected chi connectivity index (χ1v) is 9.23. The van der Waals surface area contributed by atoms with Gasteiger partial charge < -0.3 is 20.8 Å². The van der Waals surface area contributed by atoms with Crippen LogP contribution < -0.4 is 10.6 Å². The number of amides is 2. The van der Waals surface area contributed by atoms with Crippen molar-refractivity contribution in [3.8, 4) is 5.75 Å². The van der Waals surface area contributed by atoms with Crippen molar-refractivity contribution in [2.24, 2.45) is 0 Å². The van der Waals surface area contributed by atoms with E-state index in [0.717, 1.165) is 31.2 Å². The van der Waals surface area contributed by atoms with Gasteiger partial charge in [0, 0.05) is 18.5 Å². The lowest BCUT2D eigenvalue weighted by Crippen LogP contribution is -2.44. The maximum absolute atomic E-state index is 13.6. The fourth-order valence-electron chi connectivity index (χ4n) is 3.79. The normalized spacial score (nSPS) is 16.7. The molecule has 144 valence electrons. The van der Waals surface area contributed by atoms with Crippen LogP contribution in [0, 0.1) is 5.82 Å². The van der Waals surface area contributed by atoms with E-state index in [1.54, 1.807) is 24.3 Å². The summed E-state index contributed by atoms with van der Waals surface area (Å²) in [6.07, 6.45) is 3.00. The first-order chi connectivity index (χ1) is 13.0. The van der Waals surface area contributed by atoms with Crippen molar-refractivity contribution in [2.45, 2.75) is 37.2 Å². The first kappa shape index (κ1) is 19.2. The summed E-state index contributed by atoms with van der Waals surface area (Å²) in [5, 5.41) is 25.1. The number of aromatic hydroxyl groups is 1. The van der Waals surface area contributed by atoms with E-state index in [-0.39, 0.29) is 29.6 Å². The number of halogens is 1. The lowest BCUT2D eigenvalue weighted by atomic mass is 9.79. The number of carbonyl (C=O) groups is 1. The third-order valence-corrected chi connectivity index (χ3v) is 5.30. The molecule has 0 aliphatic heterocycles. The van der Waals surface area contributed by atoms with Crippen LogP contribution in [0.25, 0.3) is 0 Å². The predicted octanol–water partition coefficient (Wildman–Crippen LogP) is 3.38. The summed E-state index contributed by atoms with van der Waals surface area (Å²) in [6, 6.07) is 12.5. The minimum atomic E-state index is -0.911. The molecule has 0 saturated heterocycles. The van der Waals surface area contributed by atoms with Crippen LogP contribution in [-0.2, 0) is 5.41 Å². The lowest BCUT2D eigenvalue weighted by Gasteiger charge is -2.30. The number of phenolic OH excluding ortho intramolecular Hbond substituents is 1. The number of carbonyl (C=O) groups excluding carboxylic acids is 1. The topological polar surface area (TPSA) is 81.6 Å². The molecule has 5 nitrogen and oxygen atoms in total. The highest BCUT2D eigenvalue weighted by Crippen LogP contribution is 2.40. The molecule has 1 fully saturated rings. The van der Waals surface area contributed by atoms with Crippen LogP contribution >= 0.6 is 0 Å². The van der Waals surface area contributed by atoms with Crippen LogP contribution in [0.1, 0.15) is 42.9 Å². The monoisotopic (exact) mass is 372 g/mol. The quantitative estimate of drug-likeness (QED) is 0.627. The van der Waals surface area contributed by atoms with Crippen LogP contribution in [0.15, 0.2) is 48.5 Å². The van der Waals surface area contributed by atoms with Gasteiger partial charge in [0.2, 0.25) is 0 Å². The van der Waals surface area contributed by atoms with E-state index in [2.05, 4.69) is 10.6 Å². The highest BCUT2D eigenvalue weighted by Gasteiger charge is 2.36. The Hall–Kier alpha value is -2.60. The standard InChI is InChI=1S/C21H25FN2O3/c22-17-7-4-6-16(12-17)21(9-1-2-10-21)14-24-20(27)23-13-19(26)15-5-3-8-18(25)11-15/h3-8,11-12,19,25-26H,1-2,9-10,13-14H2,(H2,23,24,27)/t19-/m1/s1. The van der Waals surface area contributed by atoms with Crippen molar-refractivity contribution in [1.82, 2.24) is 10.6 Å². The number of nitrogens with one attached hydrogen (secondary N) is 2. The summed E-state index contributed by atoms with van der Waals surface area (Å²) in [7, 11) is 0. The average Bonchev–Trinajstić information content (AvgIpc) is 3.15. The predicted molar refractivity (Wildman–Crippen MR) is 101 cm³/mol. The Morgan fingerprint density at radius 2 is 1.85 bits per heavy atom. The van der Waals surface area contributed by atoms with E-state index in [1.165, 1.54) is 18.2 Å². The van der Waals surface area contributed by atoms with Gasteiger partial charge >= 0.3 is 6.03 Å². The van der Waals surface area contributed by atoms with Crippen LogP contribution in [0.5, 0.6) is 5.75 Å². The van der Waals surface area contributed by atoms with Crippen LogP contribution in [0.2, 0.25) is 0 Å². The smallest absolute Gasteiger partial charge is 0.314 e. The molecule has 1 aliphatic carbocycles. The SMILES string of the molecule is O=C(NC[C@@H](O)c1cccc(O)c1)NCC1(c2cccc(F)c2)CCCC1. The number of benzene rings is 2. The van der Waals surface area contributed by atoms with Crippen molar-refractivity contribution < 1.29 is 19.4 Å². The number of hydrogen-bond acceptors (Lipinski definition) is 3.